The average Bonchev–Trinajstić information content (AvgIpc) is 2.61. The first-order valence-corrected chi connectivity index (χ1v) is 9.03. The molecule has 0 aliphatic carbocycles. The molecule has 4 heteroatoms. The van der Waals surface area contributed by atoms with E-state index in [0.717, 1.165) is 32.1 Å². The molecule has 0 spiro atoms. The lowest BCUT2D eigenvalue weighted by atomic mass is 9.95. The van der Waals surface area contributed by atoms with Gasteiger partial charge in [-0.2, -0.15) is 0 Å². The molecule has 4 nitrogen and oxygen atoms in total. The molecule has 0 radical (unpaired) electrons. The van der Waals surface area contributed by atoms with Gasteiger partial charge in [0.15, 0.2) is 0 Å². The van der Waals surface area contributed by atoms with Crippen LogP contribution in [0.5, 0.6) is 0 Å². The first kappa shape index (κ1) is 20.2. The van der Waals surface area contributed by atoms with Crippen molar-refractivity contribution in [3.8, 4) is 0 Å². The van der Waals surface area contributed by atoms with E-state index in [1.54, 1.807) is 25.1 Å². The summed E-state index contributed by atoms with van der Waals surface area (Å²) >= 11 is 0. The van der Waals surface area contributed by atoms with Crippen LogP contribution >= 0.6 is 0 Å². The number of carbonyl (C=O) groups is 2. The van der Waals surface area contributed by atoms with Crippen molar-refractivity contribution in [3.05, 3.63) is 35.4 Å². The number of ether oxygens (including phenoxy) is 2. The first-order chi connectivity index (χ1) is 11.5. The van der Waals surface area contributed by atoms with Gasteiger partial charge in [0.2, 0.25) is 0 Å². The molecule has 0 saturated carbocycles. The Labute approximate surface area is 145 Å². The second-order valence-electron chi connectivity index (χ2n) is 6.00. The van der Waals surface area contributed by atoms with E-state index in [1.807, 2.05) is 6.92 Å². The normalized spacial score (nSPS) is 12.0. The lowest BCUT2D eigenvalue weighted by molar-refractivity contribution is 0.0257. The van der Waals surface area contributed by atoms with E-state index in [0.29, 0.717) is 23.7 Å². The topological polar surface area (TPSA) is 52.6 Å². The molecular weight excluding hydrogens is 304 g/mol. The molecule has 0 amide bonds. The molecule has 0 aliphatic heterocycles. The van der Waals surface area contributed by atoms with Gasteiger partial charge in [0.1, 0.15) is 6.10 Å². The van der Waals surface area contributed by atoms with Crippen LogP contribution in [0.15, 0.2) is 24.3 Å². The molecule has 1 atom stereocenters. The minimum Gasteiger partial charge on any atom is -0.462 e. The summed E-state index contributed by atoms with van der Waals surface area (Å²) in [6, 6.07) is 6.51. The van der Waals surface area contributed by atoms with Crippen LogP contribution in [0.2, 0.25) is 0 Å². The zero-order valence-corrected chi connectivity index (χ0v) is 15.3. The summed E-state index contributed by atoms with van der Waals surface area (Å²) in [5.74, 6) is -0.115. The van der Waals surface area contributed by atoms with E-state index in [1.165, 1.54) is 6.07 Å². The third-order valence-electron chi connectivity index (χ3n) is 4.39. The van der Waals surface area contributed by atoms with Gasteiger partial charge in [0.05, 0.1) is 17.7 Å². The molecule has 1 unspecified atom stereocenters. The third-order valence-corrected chi connectivity index (χ3v) is 4.39. The average molecular weight is 334 g/mol. The SMILES string of the molecule is CCOC(=O)c1cccc(C(=O)OC(CC)CCC(CC)CC)c1. The summed E-state index contributed by atoms with van der Waals surface area (Å²) < 4.78 is 10.6. The van der Waals surface area contributed by atoms with Gasteiger partial charge < -0.3 is 9.47 Å². The largest absolute Gasteiger partial charge is 0.462 e. The number of hydrogen-bond donors (Lipinski definition) is 0. The van der Waals surface area contributed by atoms with Gasteiger partial charge in [-0.3, -0.25) is 0 Å². The minimum absolute atomic E-state index is 0.0793. The van der Waals surface area contributed by atoms with E-state index in [2.05, 4.69) is 13.8 Å². The fourth-order valence-corrected chi connectivity index (χ4v) is 2.67. The fourth-order valence-electron chi connectivity index (χ4n) is 2.67. The fraction of sp³-hybridized carbons (Fsp3) is 0.600. The van der Waals surface area contributed by atoms with Crippen molar-refractivity contribution in [1.82, 2.24) is 0 Å². The van der Waals surface area contributed by atoms with Crippen LogP contribution in [0.25, 0.3) is 0 Å². The molecule has 0 N–H and O–H groups in total. The Bertz CT molecular complexity index is 520. The summed E-state index contributed by atoms with van der Waals surface area (Å²) in [5, 5.41) is 0. The van der Waals surface area contributed by atoms with E-state index in [9.17, 15) is 9.59 Å². The molecule has 24 heavy (non-hydrogen) atoms. The molecule has 0 aromatic heterocycles. The standard InChI is InChI=1S/C20H30O4/c1-5-15(6-2)12-13-18(7-3)24-20(22)17-11-9-10-16(14-17)19(21)23-8-4/h9-11,14-15,18H,5-8,12-13H2,1-4H3. The van der Waals surface area contributed by atoms with Crippen LogP contribution in [-0.2, 0) is 9.47 Å². The second-order valence-corrected chi connectivity index (χ2v) is 6.00. The molecule has 0 saturated heterocycles. The van der Waals surface area contributed by atoms with Crippen LogP contribution in [0.4, 0.5) is 0 Å². The number of esters is 2. The monoisotopic (exact) mass is 334 g/mol. The van der Waals surface area contributed by atoms with Crippen molar-refractivity contribution in [2.45, 2.75) is 65.9 Å². The summed E-state index contributed by atoms with van der Waals surface area (Å²) in [4.78, 5) is 24.1. The van der Waals surface area contributed by atoms with Crippen LogP contribution in [0, 0.1) is 5.92 Å². The van der Waals surface area contributed by atoms with E-state index in [-0.39, 0.29) is 12.1 Å². The Morgan fingerprint density at radius 1 is 0.917 bits per heavy atom. The molecule has 0 heterocycles. The minimum atomic E-state index is -0.423. The molecule has 1 aromatic carbocycles. The Morgan fingerprint density at radius 3 is 2.08 bits per heavy atom. The third kappa shape index (κ3) is 6.34. The smallest absolute Gasteiger partial charge is 0.338 e. The second kappa shape index (κ2) is 10.8. The lowest BCUT2D eigenvalue weighted by Gasteiger charge is -2.19. The van der Waals surface area contributed by atoms with Crippen LogP contribution in [0.1, 0.15) is 80.5 Å². The van der Waals surface area contributed by atoms with Crippen molar-refractivity contribution in [3.63, 3.8) is 0 Å². The Kier molecular flexibility index (Phi) is 9.13. The van der Waals surface area contributed by atoms with Crippen LogP contribution < -0.4 is 0 Å². The summed E-state index contributed by atoms with van der Waals surface area (Å²) in [5.41, 5.74) is 0.762. The van der Waals surface area contributed by atoms with Gasteiger partial charge in [-0.15, -0.1) is 0 Å². The Balaban J connectivity index is 2.68. The highest BCUT2D eigenvalue weighted by atomic mass is 16.5. The lowest BCUT2D eigenvalue weighted by Crippen LogP contribution is -2.19. The highest BCUT2D eigenvalue weighted by Crippen LogP contribution is 2.19. The predicted octanol–water partition coefficient (Wildman–Crippen LogP) is 5.02. The van der Waals surface area contributed by atoms with Gasteiger partial charge in [0.25, 0.3) is 0 Å². The number of hydrogen-bond acceptors (Lipinski definition) is 4. The Morgan fingerprint density at radius 2 is 1.54 bits per heavy atom. The van der Waals surface area contributed by atoms with Gasteiger partial charge >= 0.3 is 11.9 Å². The van der Waals surface area contributed by atoms with Crippen LogP contribution in [-0.4, -0.2) is 24.6 Å². The zero-order valence-electron chi connectivity index (χ0n) is 15.3. The van der Waals surface area contributed by atoms with Crippen LogP contribution in [0.3, 0.4) is 0 Å². The molecular formula is C20H30O4. The van der Waals surface area contributed by atoms with Crippen molar-refractivity contribution in [2.24, 2.45) is 5.92 Å². The van der Waals surface area contributed by atoms with Gasteiger partial charge in [-0.05, 0) is 50.3 Å². The molecule has 0 aliphatic rings. The maximum atomic E-state index is 12.4. The van der Waals surface area contributed by atoms with E-state index < -0.39 is 5.97 Å². The molecule has 0 fully saturated rings. The summed E-state index contributed by atoms with van der Waals surface area (Å²) in [6.45, 7) is 8.48. The van der Waals surface area contributed by atoms with Gasteiger partial charge in [0, 0.05) is 0 Å². The first-order valence-electron chi connectivity index (χ1n) is 9.03. The quantitative estimate of drug-likeness (QED) is 0.564. The number of carbonyl (C=O) groups excluding carboxylic acids is 2. The van der Waals surface area contributed by atoms with Crippen molar-refractivity contribution in [1.29, 1.82) is 0 Å². The van der Waals surface area contributed by atoms with Gasteiger partial charge in [-0.1, -0.05) is 39.7 Å². The van der Waals surface area contributed by atoms with Crippen molar-refractivity contribution >= 4 is 11.9 Å². The van der Waals surface area contributed by atoms with Crippen molar-refractivity contribution < 1.29 is 19.1 Å². The highest BCUT2D eigenvalue weighted by Gasteiger charge is 2.17. The number of benzene rings is 1. The predicted molar refractivity (Wildman–Crippen MR) is 95.2 cm³/mol. The van der Waals surface area contributed by atoms with Gasteiger partial charge in [-0.25, -0.2) is 9.59 Å². The molecule has 0 bridgehead atoms. The number of rotatable bonds is 10. The highest BCUT2D eigenvalue weighted by molar-refractivity contribution is 5.95. The maximum Gasteiger partial charge on any atom is 0.338 e. The molecule has 1 aromatic rings. The summed E-state index contributed by atoms with van der Waals surface area (Å²) in [7, 11) is 0. The molecule has 1 rings (SSSR count). The summed E-state index contributed by atoms with van der Waals surface area (Å²) in [6.07, 6.45) is 4.98. The van der Waals surface area contributed by atoms with E-state index >= 15 is 0 Å². The Hall–Kier alpha value is -1.84. The zero-order chi connectivity index (χ0) is 17.9. The van der Waals surface area contributed by atoms with E-state index in [4.69, 9.17) is 9.47 Å². The van der Waals surface area contributed by atoms with Crippen molar-refractivity contribution in [2.75, 3.05) is 6.61 Å². The maximum absolute atomic E-state index is 12.4. The molecule has 134 valence electrons.